The molecule has 3 aromatic carbocycles. The largest absolute Gasteiger partial charge is 0.494 e. The molecule has 1 aliphatic heterocycles. The third-order valence-corrected chi connectivity index (χ3v) is 6.79. The number of para-hydroxylation sites is 1. The zero-order valence-corrected chi connectivity index (χ0v) is 20.5. The van der Waals surface area contributed by atoms with Gasteiger partial charge < -0.3 is 10.1 Å². The molecule has 0 aliphatic carbocycles. The number of carbonyl (C=O) groups is 2. The maximum Gasteiger partial charge on any atom is 0.269 e. The Hall–Kier alpha value is -3.73. The van der Waals surface area contributed by atoms with Gasteiger partial charge in [0.25, 0.3) is 5.91 Å². The van der Waals surface area contributed by atoms with Gasteiger partial charge in [0.15, 0.2) is 0 Å². The van der Waals surface area contributed by atoms with Gasteiger partial charge in [-0.05, 0) is 67.4 Å². The predicted octanol–water partition coefficient (Wildman–Crippen LogP) is 5.80. The van der Waals surface area contributed by atoms with E-state index in [9.17, 15) is 14.9 Å². The van der Waals surface area contributed by atoms with Crippen LogP contribution in [0.2, 0.25) is 5.02 Å². The van der Waals surface area contributed by atoms with Crippen LogP contribution in [0.3, 0.4) is 0 Å². The van der Waals surface area contributed by atoms with Gasteiger partial charge in [-0.15, -0.1) is 0 Å². The van der Waals surface area contributed by atoms with E-state index in [0.29, 0.717) is 34.5 Å². The molecule has 1 unspecified atom stereocenters. The molecular formula is C27H22ClN3O3S. The van der Waals surface area contributed by atoms with Crippen LogP contribution >= 0.6 is 23.4 Å². The van der Waals surface area contributed by atoms with Gasteiger partial charge >= 0.3 is 0 Å². The molecule has 0 radical (unpaired) electrons. The Morgan fingerprint density at radius 1 is 1.09 bits per heavy atom. The summed E-state index contributed by atoms with van der Waals surface area (Å²) in [6, 6.07) is 25.2. The first-order valence-corrected chi connectivity index (χ1v) is 12.2. The number of benzene rings is 3. The van der Waals surface area contributed by atoms with E-state index in [1.54, 1.807) is 36.4 Å². The number of anilines is 2. The Bertz CT molecular complexity index is 1290. The van der Waals surface area contributed by atoms with Crippen molar-refractivity contribution in [2.45, 2.75) is 18.6 Å². The minimum Gasteiger partial charge on any atom is -0.494 e. The number of thioether (sulfide) groups is 1. The van der Waals surface area contributed by atoms with Gasteiger partial charge in [0, 0.05) is 16.4 Å². The molecule has 4 rings (SSSR count). The molecule has 1 saturated heterocycles. The van der Waals surface area contributed by atoms with E-state index in [1.165, 1.54) is 16.7 Å². The highest BCUT2D eigenvalue weighted by Gasteiger charge is 2.40. The Morgan fingerprint density at radius 2 is 1.77 bits per heavy atom. The fourth-order valence-corrected chi connectivity index (χ4v) is 5.06. The summed E-state index contributed by atoms with van der Waals surface area (Å²) < 4.78 is 5.50. The van der Waals surface area contributed by atoms with Gasteiger partial charge in [-0.3, -0.25) is 14.5 Å². The van der Waals surface area contributed by atoms with E-state index in [1.807, 2.05) is 55.5 Å². The van der Waals surface area contributed by atoms with E-state index in [4.69, 9.17) is 16.3 Å². The van der Waals surface area contributed by atoms with Crippen molar-refractivity contribution in [1.82, 2.24) is 0 Å². The van der Waals surface area contributed by atoms with Crippen LogP contribution in [0.5, 0.6) is 5.75 Å². The van der Waals surface area contributed by atoms with Gasteiger partial charge in [-0.25, -0.2) is 0 Å². The number of rotatable bonds is 7. The molecule has 1 heterocycles. The first kappa shape index (κ1) is 24.4. The highest BCUT2D eigenvalue weighted by Crippen LogP contribution is 2.42. The molecule has 35 heavy (non-hydrogen) atoms. The van der Waals surface area contributed by atoms with Crippen molar-refractivity contribution in [2.75, 3.05) is 16.8 Å². The third kappa shape index (κ3) is 5.68. The molecule has 0 saturated carbocycles. The lowest BCUT2D eigenvalue weighted by Crippen LogP contribution is -2.30. The molecule has 2 amide bonds. The van der Waals surface area contributed by atoms with Gasteiger partial charge in [0.2, 0.25) is 5.91 Å². The van der Waals surface area contributed by atoms with E-state index >= 15 is 0 Å². The summed E-state index contributed by atoms with van der Waals surface area (Å²) in [5, 5.41) is 13.0. The number of carbonyl (C=O) groups excluding carboxylic acids is 2. The summed E-state index contributed by atoms with van der Waals surface area (Å²) in [6.07, 6.45) is 0.445. The molecule has 6 nitrogen and oxygen atoms in total. The lowest BCUT2D eigenvalue weighted by atomic mass is 10.1. The van der Waals surface area contributed by atoms with Gasteiger partial charge in [0.05, 0.1) is 11.9 Å². The first-order valence-electron chi connectivity index (χ1n) is 11.0. The molecule has 8 heteroatoms. The van der Waals surface area contributed by atoms with Gasteiger partial charge in [-0.2, -0.15) is 5.26 Å². The monoisotopic (exact) mass is 503 g/mol. The molecule has 0 spiro atoms. The summed E-state index contributed by atoms with van der Waals surface area (Å²) in [5.41, 5.74) is 1.93. The fraction of sp³-hybridized carbons (Fsp3) is 0.148. The maximum absolute atomic E-state index is 13.5. The lowest BCUT2D eigenvalue weighted by molar-refractivity contribution is -0.117. The summed E-state index contributed by atoms with van der Waals surface area (Å²) in [6.45, 7) is 2.50. The number of hydrogen-bond donors (Lipinski definition) is 1. The van der Waals surface area contributed by atoms with Crippen molar-refractivity contribution < 1.29 is 14.3 Å². The minimum absolute atomic E-state index is 0.128. The minimum atomic E-state index is -0.590. The second-order valence-electron chi connectivity index (χ2n) is 7.65. The van der Waals surface area contributed by atoms with E-state index in [2.05, 4.69) is 5.32 Å². The topological polar surface area (TPSA) is 82.4 Å². The third-order valence-electron chi connectivity index (χ3n) is 5.28. The summed E-state index contributed by atoms with van der Waals surface area (Å²) in [4.78, 5) is 28.1. The molecule has 1 N–H and O–H groups in total. The van der Waals surface area contributed by atoms with Crippen LogP contribution in [0.15, 0.2) is 89.5 Å². The van der Waals surface area contributed by atoms with Crippen molar-refractivity contribution in [1.29, 1.82) is 5.26 Å². The van der Waals surface area contributed by atoms with Crippen molar-refractivity contribution in [3.63, 3.8) is 0 Å². The summed E-state index contributed by atoms with van der Waals surface area (Å²) in [5.74, 6) is -0.0105. The van der Waals surface area contributed by atoms with Gasteiger partial charge in [-0.1, -0.05) is 53.7 Å². The molecule has 0 bridgehead atoms. The van der Waals surface area contributed by atoms with E-state index in [-0.39, 0.29) is 11.5 Å². The average molecular weight is 504 g/mol. The summed E-state index contributed by atoms with van der Waals surface area (Å²) >= 11 is 7.15. The van der Waals surface area contributed by atoms with Crippen LogP contribution in [-0.4, -0.2) is 23.7 Å². The summed E-state index contributed by atoms with van der Waals surface area (Å²) in [7, 11) is 0. The Morgan fingerprint density at radius 3 is 2.40 bits per heavy atom. The van der Waals surface area contributed by atoms with Crippen LogP contribution in [0, 0.1) is 11.3 Å². The predicted molar refractivity (Wildman–Crippen MR) is 139 cm³/mol. The van der Waals surface area contributed by atoms with Crippen molar-refractivity contribution >= 4 is 46.6 Å². The zero-order valence-electron chi connectivity index (χ0n) is 18.9. The first-order chi connectivity index (χ1) is 17.0. The number of ether oxygens (including phenoxy) is 1. The standard InChI is InChI=1S/C27H22ClN3O3S/c1-2-34-22-14-8-18(9-15-22)16-24-26(33)31(21-6-4-3-5-7-21)27(35-24)23(17-29)25(32)30-20-12-10-19(28)11-13-20/h3-15,24H,2,16H2,1H3,(H,30,32)/b27-23-. The molecular weight excluding hydrogens is 482 g/mol. The fourth-order valence-electron chi connectivity index (χ4n) is 3.63. The number of nitriles is 1. The molecule has 0 aromatic heterocycles. The average Bonchev–Trinajstić information content (AvgIpc) is 3.18. The van der Waals surface area contributed by atoms with E-state index in [0.717, 1.165) is 11.3 Å². The zero-order chi connectivity index (χ0) is 24.8. The highest BCUT2D eigenvalue weighted by molar-refractivity contribution is 8.05. The van der Waals surface area contributed by atoms with Crippen molar-refractivity contribution in [2.24, 2.45) is 0 Å². The Kier molecular flexibility index (Phi) is 7.76. The molecule has 1 aliphatic rings. The molecule has 1 atom stereocenters. The van der Waals surface area contributed by atoms with Crippen molar-refractivity contribution in [3.05, 3.63) is 100 Å². The number of hydrogen-bond acceptors (Lipinski definition) is 5. The molecule has 1 fully saturated rings. The maximum atomic E-state index is 13.5. The highest BCUT2D eigenvalue weighted by atomic mass is 35.5. The van der Waals surface area contributed by atoms with Crippen LogP contribution < -0.4 is 15.0 Å². The SMILES string of the molecule is CCOc1ccc(CC2S/C(=C(/C#N)C(=O)Nc3ccc(Cl)cc3)N(c3ccccc3)C2=O)cc1. The van der Waals surface area contributed by atoms with Crippen molar-refractivity contribution in [3.8, 4) is 11.8 Å². The molecule has 176 valence electrons. The number of nitrogens with one attached hydrogen (secondary N) is 1. The van der Waals surface area contributed by atoms with Crippen LogP contribution in [0.4, 0.5) is 11.4 Å². The van der Waals surface area contributed by atoms with E-state index < -0.39 is 11.2 Å². The smallest absolute Gasteiger partial charge is 0.269 e. The number of amides is 2. The molecule has 3 aromatic rings. The van der Waals surface area contributed by atoms with Crippen LogP contribution in [0.1, 0.15) is 12.5 Å². The van der Waals surface area contributed by atoms with Gasteiger partial charge in [0.1, 0.15) is 22.4 Å². The number of halogens is 1. The lowest BCUT2D eigenvalue weighted by Gasteiger charge is -2.18. The second-order valence-corrected chi connectivity index (χ2v) is 9.28. The second kappa shape index (κ2) is 11.1. The Labute approximate surface area is 213 Å². The quantitative estimate of drug-likeness (QED) is 0.325. The number of nitrogens with zero attached hydrogens (tertiary/aromatic N) is 2. The van der Waals surface area contributed by atoms with Crippen LogP contribution in [-0.2, 0) is 16.0 Å². The normalized spacial score (nSPS) is 16.5. The Balaban J connectivity index is 1.66. The van der Waals surface area contributed by atoms with Crippen LogP contribution in [0.25, 0.3) is 0 Å².